The first kappa shape index (κ1) is 9.06. The Morgan fingerprint density at radius 3 is 3.00 bits per heavy atom. The highest BCUT2D eigenvalue weighted by Crippen LogP contribution is 2.25. The van der Waals surface area contributed by atoms with Crippen LogP contribution in [0.1, 0.15) is 32.6 Å². The number of rotatable bonds is 2. The van der Waals surface area contributed by atoms with Crippen LogP contribution in [0.15, 0.2) is 11.6 Å². The summed E-state index contributed by atoms with van der Waals surface area (Å²) in [6, 6.07) is 0. The average Bonchev–Trinajstić information content (AvgIpc) is 2.06. The third-order valence-electron chi connectivity index (χ3n) is 2.38. The number of ketones is 1. The molecule has 0 aromatic carbocycles. The molecule has 0 amide bonds. The summed E-state index contributed by atoms with van der Waals surface area (Å²) in [6.07, 6.45) is 11.1. The number of hydrogen-bond donors (Lipinski definition) is 0. The largest absolute Gasteiger partial charge is 0.295 e. The van der Waals surface area contributed by atoms with Gasteiger partial charge in [0.05, 0.1) is 0 Å². The fourth-order valence-electron chi connectivity index (χ4n) is 1.56. The standard InChI is InChI=1S/C11H14O/c1-3-4-10-5-7-11(8-6-10)9(2)12/h1,7,10H,4-6,8H2,2H3. The van der Waals surface area contributed by atoms with Crippen LogP contribution >= 0.6 is 0 Å². The molecule has 0 saturated heterocycles. The van der Waals surface area contributed by atoms with Crippen molar-refractivity contribution in [1.29, 1.82) is 0 Å². The van der Waals surface area contributed by atoms with E-state index < -0.39 is 0 Å². The van der Waals surface area contributed by atoms with Gasteiger partial charge < -0.3 is 0 Å². The molecule has 1 atom stereocenters. The third kappa shape index (κ3) is 2.23. The summed E-state index contributed by atoms with van der Waals surface area (Å²) in [5, 5.41) is 0. The van der Waals surface area contributed by atoms with Crippen LogP contribution in [-0.4, -0.2) is 5.78 Å². The zero-order valence-electron chi connectivity index (χ0n) is 7.47. The molecule has 0 aliphatic heterocycles. The lowest BCUT2D eigenvalue weighted by atomic mass is 9.86. The van der Waals surface area contributed by atoms with Gasteiger partial charge in [-0.05, 0) is 37.7 Å². The molecule has 1 heteroatoms. The van der Waals surface area contributed by atoms with Crippen LogP contribution in [0.4, 0.5) is 0 Å². The molecule has 0 aromatic rings. The topological polar surface area (TPSA) is 17.1 Å². The first-order chi connectivity index (χ1) is 5.74. The molecular weight excluding hydrogens is 148 g/mol. The molecule has 0 spiro atoms. The molecule has 1 aliphatic rings. The van der Waals surface area contributed by atoms with Gasteiger partial charge in [0.25, 0.3) is 0 Å². The molecule has 0 heterocycles. The van der Waals surface area contributed by atoms with E-state index in [0.717, 1.165) is 31.3 Å². The Kier molecular flexibility index (Phi) is 3.10. The number of hydrogen-bond acceptors (Lipinski definition) is 1. The van der Waals surface area contributed by atoms with E-state index in [-0.39, 0.29) is 5.78 Å². The summed E-state index contributed by atoms with van der Waals surface area (Å²) < 4.78 is 0. The molecule has 0 N–H and O–H groups in total. The van der Waals surface area contributed by atoms with Gasteiger partial charge >= 0.3 is 0 Å². The quantitative estimate of drug-likeness (QED) is 0.569. The SMILES string of the molecule is C#CCC1CC=C(C(C)=O)CC1. The Labute approximate surface area is 73.9 Å². The van der Waals surface area contributed by atoms with Crippen LogP contribution in [0.5, 0.6) is 0 Å². The number of carbonyl (C=O) groups excluding carboxylic acids is 1. The van der Waals surface area contributed by atoms with Crippen molar-refractivity contribution in [3.05, 3.63) is 11.6 Å². The highest BCUT2D eigenvalue weighted by Gasteiger charge is 2.15. The summed E-state index contributed by atoms with van der Waals surface area (Å²) in [6.45, 7) is 1.63. The highest BCUT2D eigenvalue weighted by atomic mass is 16.1. The molecule has 1 aliphatic carbocycles. The molecule has 0 saturated carbocycles. The molecule has 0 radical (unpaired) electrons. The minimum Gasteiger partial charge on any atom is -0.295 e. The molecule has 64 valence electrons. The van der Waals surface area contributed by atoms with Gasteiger partial charge in [-0.3, -0.25) is 4.79 Å². The summed E-state index contributed by atoms with van der Waals surface area (Å²) >= 11 is 0. The van der Waals surface area contributed by atoms with E-state index in [2.05, 4.69) is 5.92 Å². The predicted molar refractivity (Wildman–Crippen MR) is 49.6 cm³/mol. The van der Waals surface area contributed by atoms with Crippen LogP contribution in [0, 0.1) is 18.3 Å². The van der Waals surface area contributed by atoms with Crippen molar-refractivity contribution >= 4 is 5.78 Å². The Morgan fingerprint density at radius 2 is 2.58 bits per heavy atom. The molecule has 0 fully saturated rings. The van der Waals surface area contributed by atoms with Gasteiger partial charge in [-0.25, -0.2) is 0 Å². The second-order valence-electron chi connectivity index (χ2n) is 3.33. The molecule has 12 heavy (non-hydrogen) atoms. The van der Waals surface area contributed by atoms with Crippen molar-refractivity contribution < 1.29 is 4.79 Å². The van der Waals surface area contributed by atoms with Crippen molar-refractivity contribution in [3.8, 4) is 12.3 Å². The summed E-state index contributed by atoms with van der Waals surface area (Å²) in [4.78, 5) is 11.0. The van der Waals surface area contributed by atoms with Gasteiger partial charge in [-0.2, -0.15) is 0 Å². The van der Waals surface area contributed by atoms with Gasteiger partial charge in [-0.1, -0.05) is 6.08 Å². The van der Waals surface area contributed by atoms with E-state index >= 15 is 0 Å². The lowest BCUT2D eigenvalue weighted by molar-refractivity contribution is -0.113. The monoisotopic (exact) mass is 162 g/mol. The molecular formula is C11H14O. The Bertz CT molecular complexity index is 242. The predicted octanol–water partition coefficient (Wildman–Crippen LogP) is 2.33. The Morgan fingerprint density at radius 1 is 1.83 bits per heavy atom. The van der Waals surface area contributed by atoms with E-state index in [9.17, 15) is 4.79 Å². The van der Waals surface area contributed by atoms with Gasteiger partial charge in [0.2, 0.25) is 0 Å². The van der Waals surface area contributed by atoms with Crippen molar-refractivity contribution in [2.45, 2.75) is 32.6 Å². The van der Waals surface area contributed by atoms with Crippen molar-refractivity contribution in [3.63, 3.8) is 0 Å². The van der Waals surface area contributed by atoms with Crippen LogP contribution in [0.25, 0.3) is 0 Å². The molecule has 0 aromatic heterocycles. The number of Topliss-reactive ketones (excluding diaryl/α,β-unsaturated/α-hetero) is 1. The zero-order valence-corrected chi connectivity index (χ0v) is 7.47. The minimum absolute atomic E-state index is 0.217. The van der Waals surface area contributed by atoms with Crippen LogP contribution in [-0.2, 0) is 4.79 Å². The number of terminal acetylenes is 1. The molecule has 0 bridgehead atoms. The lowest BCUT2D eigenvalue weighted by Gasteiger charge is -2.18. The van der Waals surface area contributed by atoms with Gasteiger partial charge in [0.15, 0.2) is 5.78 Å². The summed E-state index contributed by atoms with van der Waals surface area (Å²) in [7, 11) is 0. The third-order valence-corrected chi connectivity index (χ3v) is 2.38. The van der Waals surface area contributed by atoms with E-state index in [1.54, 1.807) is 6.92 Å². The molecule has 1 nitrogen and oxygen atoms in total. The van der Waals surface area contributed by atoms with Crippen molar-refractivity contribution in [1.82, 2.24) is 0 Å². The van der Waals surface area contributed by atoms with Crippen molar-refractivity contribution in [2.24, 2.45) is 5.92 Å². The second kappa shape index (κ2) is 4.11. The van der Waals surface area contributed by atoms with Crippen LogP contribution in [0.3, 0.4) is 0 Å². The summed E-state index contributed by atoms with van der Waals surface area (Å²) in [5.41, 5.74) is 0.989. The van der Waals surface area contributed by atoms with E-state index in [0.29, 0.717) is 5.92 Å². The van der Waals surface area contributed by atoms with Crippen molar-refractivity contribution in [2.75, 3.05) is 0 Å². The van der Waals surface area contributed by atoms with Gasteiger partial charge in [-0.15, -0.1) is 12.3 Å². The second-order valence-corrected chi connectivity index (χ2v) is 3.33. The van der Waals surface area contributed by atoms with Gasteiger partial charge in [0, 0.05) is 6.42 Å². The average molecular weight is 162 g/mol. The fourth-order valence-corrected chi connectivity index (χ4v) is 1.56. The van der Waals surface area contributed by atoms with Gasteiger partial charge in [0.1, 0.15) is 0 Å². The van der Waals surface area contributed by atoms with E-state index in [1.807, 2.05) is 6.08 Å². The highest BCUT2D eigenvalue weighted by molar-refractivity contribution is 5.93. The minimum atomic E-state index is 0.217. The summed E-state index contributed by atoms with van der Waals surface area (Å²) in [5.74, 6) is 3.49. The maximum atomic E-state index is 11.0. The smallest absolute Gasteiger partial charge is 0.155 e. The normalized spacial score (nSPS) is 22.7. The molecule has 1 unspecified atom stereocenters. The maximum absolute atomic E-state index is 11.0. The van der Waals surface area contributed by atoms with E-state index in [4.69, 9.17) is 6.42 Å². The molecule has 1 rings (SSSR count). The number of carbonyl (C=O) groups is 1. The maximum Gasteiger partial charge on any atom is 0.155 e. The van der Waals surface area contributed by atoms with Crippen LogP contribution in [0.2, 0.25) is 0 Å². The lowest BCUT2D eigenvalue weighted by Crippen LogP contribution is -2.08. The zero-order chi connectivity index (χ0) is 8.97. The van der Waals surface area contributed by atoms with E-state index in [1.165, 1.54) is 0 Å². The first-order valence-corrected chi connectivity index (χ1v) is 4.37. The Balaban J connectivity index is 2.48. The fraction of sp³-hybridized carbons (Fsp3) is 0.545. The first-order valence-electron chi connectivity index (χ1n) is 4.37. The number of allylic oxidation sites excluding steroid dienone is 2. The van der Waals surface area contributed by atoms with Crippen LogP contribution < -0.4 is 0 Å². The Hall–Kier alpha value is -1.03.